The summed E-state index contributed by atoms with van der Waals surface area (Å²) in [7, 11) is -0.766. The van der Waals surface area contributed by atoms with Crippen molar-refractivity contribution in [1.29, 1.82) is 0 Å². The second-order valence-corrected chi connectivity index (χ2v) is 15.3. The number of phosphoric acid groups is 1. The van der Waals surface area contributed by atoms with Crippen LogP contribution in [0.5, 0.6) is 0 Å². The first kappa shape index (κ1) is 52.2. The van der Waals surface area contributed by atoms with Crippen molar-refractivity contribution >= 4 is 19.8 Å². The van der Waals surface area contributed by atoms with E-state index in [0.29, 0.717) is 19.4 Å². The molecule has 0 aliphatic heterocycles. The van der Waals surface area contributed by atoms with Crippen LogP contribution in [0.25, 0.3) is 0 Å². The summed E-state index contributed by atoms with van der Waals surface area (Å²) in [5.41, 5.74) is 0. The van der Waals surface area contributed by atoms with E-state index in [1.165, 1.54) is 44.9 Å². The van der Waals surface area contributed by atoms with Gasteiger partial charge in [-0.15, -0.1) is 0 Å². The zero-order valence-electron chi connectivity index (χ0n) is 34.8. The molecule has 0 radical (unpaired) electrons. The number of unbranched alkanes of at least 4 members (excludes halogenated alkanes) is 9. The molecule has 1 N–H and O–H groups in total. The Hall–Kier alpha value is -2.81. The Kier molecular flexibility index (Phi) is 37.4. The standard InChI is InChI=1S/C45H76NO8P/c1-5-7-9-11-13-15-17-19-21-22-24-25-27-29-31-33-35-37-44(47)51-41-43(42-53-55(49,50)52-40-39-46(3)4)54-45(48)38-36-34-32-30-28-26-23-20-18-16-14-12-10-8-6-2/h13-16,19-21,23-25,28-31,43H,5-12,17-18,22,26-27,32-42H2,1-4H3,(H,49,50)/b15-13-,16-14-,21-19-,23-20-,25-24-,30-28-,31-29-. The summed E-state index contributed by atoms with van der Waals surface area (Å²) in [6, 6.07) is 0. The van der Waals surface area contributed by atoms with Crippen molar-refractivity contribution in [2.24, 2.45) is 0 Å². The molecule has 0 heterocycles. The van der Waals surface area contributed by atoms with Crippen molar-refractivity contribution in [3.8, 4) is 0 Å². The molecule has 55 heavy (non-hydrogen) atoms. The fourth-order valence-corrected chi connectivity index (χ4v) is 5.66. The number of hydrogen-bond acceptors (Lipinski definition) is 8. The molecule has 2 atom stereocenters. The SMILES string of the molecule is CCCCC/C=C\C/C=C\C/C=C\C/C=C\CCCC(=O)OCC(COP(=O)(O)OCCN(C)C)OC(=O)CCCC/C=C\C/C=C\C/C=C\CCCCC. The van der Waals surface area contributed by atoms with Gasteiger partial charge in [0.05, 0.1) is 13.2 Å². The van der Waals surface area contributed by atoms with Gasteiger partial charge < -0.3 is 19.3 Å². The third-order valence-electron chi connectivity index (χ3n) is 8.17. The molecule has 0 aromatic carbocycles. The van der Waals surface area contributed by atoms with Crippen molar-refractivity contribution < 1.29 is 37.6 Å². The van der Waals surface area contributed by atoms with Gasteiger partial charge in [0.25, 0.3) is 0 Å². The molecule has 0 aromatic rings. The van der Waals surface area contributed by atoms with Gasteiger partial charge in [-0.3, -0.25) is 18.6 Å². The Balaban J connectivity index is 4.50. The topological polar surface area (TPSA) is 112 Å². The maximum Gasteiger partial charge on any atom is 0.472 e. The molecule has 0 spiro atoms. The van der Waals surface area contributed by atoms with Crippen molar-refractivity contribution in [3.63, 3.8) is 0 Å². The second kappa shape index (κ2) is 39.4. The Morgan fingerprint density at radius 3 is 1.44 bits per heavy atom. The molecule has 0 aromatic heterocycles. The molecule has 0 rings (SSSR count). The summed E-state index contributed by atoms with van der Waals surface area (Å²) >= 11 is 0. The zero-order chi connectivity index (χ0) is 40.5. The number of nitrogens with zero attached hydrogens (tertiary/aromatic N) is 1. The van der Waals surface area contributed by atoms with Gasteiger partial charge in [0.15, 0.2) is 6.10 Å². The lowest BCUT2D eigenvalue weighted by atomic mass is 10.1. The van der Waals surface area contributed by atoms with Crippen LogP contribution < -0.4 is 0 Å². The van der Waals surface area contributed by atoms with E-state index >= 15 is 0 Å². The third-order valence-corrected chi connectivity index (χ3v) is 9.16. The molecule has 0 saturated heterocycles. The van der Waals surface area contributed by atoms with Crippen LogP contribution >= 0.6 is 7.82 Å². The summed E-state index contributed by atoms with van der Waals surface area (Å²) in [6.45, 7) is 4.13. The van der Waals surface area contributed by atoms with Gasteiger partial charge in [0.2, 0.25) is 0 Å². The van der Waals surface area contributed by atoms with Gasteiger partial charge >= 0.3 is 19.8 Å². The van der Waals surface area contributed by atoms with E-state index in [2.05, 4.69) is 92.8 Å². The van der Waals surface area contributed by atoms with E-state index in [4.69, 9.17) is 18.5 Å². The van der Waals surface area contributed by atoms with Gasteiger partial charge in [-0.05, 0) is 104 Å². The monoisotopic (exact) mass is 790 g/mol. The number of ether oxygens (including phenoxy) is 2. The van der Waals surface area contributed by atoms with Crippen molar-refractivity contribution in [2.45, 2.75) is 148 Å². The molecule has 0 fully saturated rings. The molecule has 314 valence electrons. The molecule has 10 heteroatoms. The highest BCUT2D eigenvalue weighted by Gasteiger charge is 2.26. The number of carbonyl (C=O) groups is 2. The van der Waals surface area contributed by atoms with E-state index in [0.717, 1.165) is 57.8 Å². The quantitative estimate of drug-likeness (QED) is 0.0284. The normalized spacial score (nSPS) is 14.3. The Labute approximate surface area is 335 Å². The summed E-state index contributed by atoms with van der Waals surface area (Å²) in [5.74, 6) is -0.923. The first-order chi connectivity index (χ1) is 26.7. The summed E-state index contributed by atoms with van der Waals surface area (Å²) in [6.07, 6.45) is 47.8. The Bertz CT molecular complexity index is 1190. The number of rotatable bonds is 37. The predicted molar refractivity (Wildman–Crippen MR) is 229 cm³/mol. The largest absolute Gasteiger partial charge is 0.472 e. The molecule has 0 amide bonds. The van der Waals surface area contributed by atoms with Gasteiger partial charge in [0.1, 0.15) is 6.61 Å². The minimum Gasteiger partial charge on any atom is -0.462 e. The summed E-state index contributed by atoms with van der Waals surface area (Å²) in [4.78, 5) is 36.9. The van der Waals surface area contributed by atoms with E-state index < -0.39 is 32.5 Å². The number of allylic oxidation sites excluding steroid dienone is 14. The number of phosphoric ester groups is 1. The van der Waals surface area contributed by atoms with Crippen LogP contribution in [0.2, 0.25) is 0 Å². The van der Waals surface area contributed by atoms with Gasteiger partial charge in [-0.25, -0.2) is 4.57 Å². The smallest absolute Gasteiger partial charge is 0.462 e. The van der Waals surface area contributed by atoms with Crippen molar-refractivity contribution in [1.82, 2.24) is 4.90 Å². The average molecular weight is 790 g/mol. The van der Waals surface area contributed by atoms with Crippen LogP contribution in [0.4, 0.5) is 0 Å². The maximum absolute atomic E-state index is 12.6. The van der Waals surface area contributed by atoms with Gasteiger partial charge in [-0.2, -0.15) is 0 Å². The number of carbonyl (C=O) groups excluding carboxylic acids is 2. The van der Waals surface area contributed by atoms with Crippen LogP contribution in [0, 0.1) is 0 Å². The van der Waals surface area contributed by atoms with E-state index in [9.17, 15) is 19.0 Å². The lowest BCUT2D eigenvalue weighted by Gasteiger charge is -2.20. The predicted octanol–water partition coefficient (Wildman–Crippen LogP) is 11.9. The van der Waals surface area contributed by atoms with Crippen molar-refractivity contribution in [2.75, 3.05) is 40.5 Å². The zero-order valence-corrected chi connectivity index (χ0v) is 35.7. The Morgan fingerprint density at radius 2 is 0.982 bits per heavy atom. The first-order valence-corrected chi connectivity index (χ1v) is 22.4. The Morgan fingerprint density at radius 1 is 0.564 bits per heavy atom. The fourth-order valence-electron chi connectivity index (χ4n) is 4.92. The van der Waals surface area contributed by atoms with Crippen molar-refractivity contribution in [3.05, 3.63) is 85.1 Å². The highest BCUT2D eigenvalue weighted by molar-refractivity contribution is 7.47. The third kappa shape index (κ3) is 40.7. The number of likely N-dealkylation sites (N-methyl/N-ethyl adjacent to an activating group) is 1. The van der Waals surface area contributed by atoms with E-state index in [1.54, 1.807) is 4.90 Å². The molecule has 2 unspecified atom stereocenters. The lowest BCUT2D eigenvalue weighted by molar-refractivity contribution is -0.161. The van der Waals surface area contributed by atoms with E-state index in [-0.39, 0.29) is 26.1 Å². The first-order valence-electron chi connectivity index (χ1n) is 20.9. The second-order valence-electron chi connectivity index (χ2n) is 13.8. The number of esters is 2. The molecular formula is C45H76NO8P. The number of hydrogen-bond donors (Lipinski definition) is 1. The lowest BCUT2D eigenvalue weighted by Crippen LogP contribution is -2.29. The summed E-state index contributed by atoms with van der Waals surface area (Å²) < 4.78 is 33.3. The minimum atomic E-state index is -4.39. The average Bonchev–Trinajstić information content (AvgIpc) is 3.15. The summed E-state index contributed by atoms with van der Waals surface area (Å²) in [5, 5.41) is 0. The highest BCUT2D eigenvalue weighted by atomic mass is 31.2. The molecule has 0 bridgehead atoms. The maximum atomic E-state index is 12.6. The molecule has 0 aliphatic rings. The van der Waals surface area contributed by atoms with Crippen LogP contribution in [0.3, 0.4) is 0 Å². The van der Waals surface area contributed by atoms with E-state index in [1.807, 2.05) is 20.2 Å². The molecule has 0 saturated carbocycles. The highest BCUT2D eigenvalue weighted by Crippen LogP contribution is 2.43. The molecule has 9 nitrogen and oxygen atoms in total. The minimum absolute atomic E-state index is 0.0130. The van der Waals surface area contributed by atoms with Crippen LogP contribution in [0.15, 0.2) is 85.1 Å². The van der Waals surface area contributed by atoms with Crippen LogP contribution in [0.1, 0.15) is 142 Å². The van der Waals surface area contributed by atoms with Crippen LogP contribution in [-0.4, -0.2) is 68.3 Å². The molecular weight excluding hydrogens is 713 g/mol. The van der Waals surface area contributed by atoms with Gasteiger partial charge in [-0.1, -0.05) is 125 Å². The fraction of sp³-hybridized carbons (Fsp3) is 0.644. The molecule has 0 aliphatic carbocycles. The van der Waals surface area contributed by atoms with Crippen LogP contribution in [-0.2, 0) is 32.7 Å². The van der Waals surface area contributed by atoms with Gasteiger partial charge in [0, 0.05) is 19.4 Å².